The Hall–Kier alpha value is -2.61. The van der Waals surface area contributed by atoms with Crippen molar-refractivity contribution in [2.75, 3.05) is 4.90 Å². The molecule has 0 N–H and O–H groups in total. The maximum absolute atomic E-state index is 4.09. The van der Waals surface area contributed by atoms with Gasteiger partial charge in [-0.2, -0.15) is 0 Å². The highest BCUT2D eigenvalue weighted by Gasteiger charge is 2.10. The van der Waals surface area contributed by atoms with E-state index in [0.29, 0.717) is 0 Å². The summed E-state index contributed by atoms with van der Waals surface area (Å²) in [5.74, 6) is 0. The van der Waals surface area contributed by atoms with E-state index in [1.54, 1.807) is 0 Å². The third kappa shape index (κ3) is 2.47. The molecule has 0 unspecified atom stereocenters. The molecule has 1 aromatic heterocycles. The highest BCUT2D eigenvalue weighted by atomic mass is 15.1. The fraction of sp³-hybridized carbons (Fsp3) is 0. The van der Waals surface area contributed by atoms with Crippen molar-refractivity contribution >= 4 is 17.1 Å². The predicted octanol–water partition coefficient (Wildman–Crippen LogP) is 4.55. The average molecular weight is 246 g/mol. The van der Waals surface area contributed by atoms with E-state index >= 15 is 0 Å². The van der Waals surface area contributed by atoms with E-state index in [4.69, 9.17) is 0 Å². The molecule has 1 heterocycles. The third-order valence-corrected chi connectivity index (χ3v) is 2.95. The van der Waals surface area contributed by atoms with Crippen LogP contribution in [0.2, 0.25) is 0 Å². The van der Waals surface area contributed by atoms with Gasteiger partial charge in [-0.05, 0) is 36.4 Å². The van der Waals surface area contributed by atoms with Crippen LogP contribution in [0.1, 0.15) is 0 Å². The monoisotopic (exact) mass is 246 g/mol. The first-order valence-electron chi connectivity index (χ1n) is 6.25. The molecule has 2 nitrogen and oxygen atoms in total. The fourth-order valence-corrected chi connectivity index (χ4v) is 2.09. The molecule has 19 heavy (non-hydrogen) atoms. The molecule has 0 aliphatic rings. The van der Waals surface area contributed by atoms with Gasteiger partial charge in [0.05, 0.1) is 0 Å². The Morgan fingerprint density at radius 1 is 0.526 bits per heavy atom. The lowest BCUT2D eigenvalue weighted by atomic mass is 10.2. The van der Waals surface area contributed by atoms with Crippen molar-refractivity contribution in [2.24, 2.45) is 0 Å². The van der Waals surface area contributed by atoms with Gasteiger partial charge in [0.1, 0.15) is 0 Å². The zero-order valence-corrected chi connectivity index (χ0v) is 10.5. The van der Waals surface area contributed by atoms with Gasteiger partial charge in [0.25, 0.3) is 0 Å². The molecule has 0 atom stereocenters. The van der Waals surface area contributed by atoms with Crippen molar-refractivity contribution in [3.8, 4) is 0 Å². The Kier molecular flexibility index (Phi) is 3.24. The zero-order valence-electron chi connectivity index (χ0n) is 10.5. The summed E-state index contributed by atoms with van der Waals surface area (Å²) in [6.07, 6.45) is 3.63. The van der Waals surface area contributed by atoms with Crippen LogP contribution in [0, 0.1) is 0 Å². The summed E-state index contributed by atoms with van der Waals surface area (Å²) in [7, 11) is 0. The largest absolute Gasteiger partial charge is 0.310 e. The van der Waals surface area contributed by atoms with Gasteiger partial charge >= 0.3 is 0 Å². The summed E-state index contributed by atoms with van der Waals surface area (Å²) < 4.78 is 0. The Bertz CT molecular complexity index is 527. The average Bonchev–Trinajstić information content (AvgIpc) is 2.51. The first-order chi connectivity index (χ1) is 9.45. The van der Waals surface area contributed by atoms with Crippen molar-refractivity contribution in [1.29, 1.82) is 0 Å². The van der Waals surface area contributed by atoms with Gasteiger partial charge in [-0.1, -0.05) is 36.4 Å². The quantitative estimate of drug-likeness (QED) is 0.674. The van der Waals surface area contributed by atoms with E-state index in [1.807, 2.05) is 60.9 Å². The minimum atomic E-state index is 1.10. The Morgan fingerprint density at radius 2 is 0.947 bits per heavy atom. The number of nitrogens with zero attached hydrogens (tertiary/aromatic N) is 2. The number of hydrogen-bond donors (Lipinski definition) is 0. The maximum Gasteiger partial charge on any atom is 0.0492 e. The number of aromatic nitrogens is 1. The molecule has 0 fully saturated rings. The van der Waals surface area contributed by atoms with Crippen LogP contribution in [0.15, 0.2) is 85.2 Å². The Balaban J connectivity index is 2.12. The van der Waals surface area contributed by atoms with Gasteiger partial charge in [0.2, 0.25) is 0 Å². The second-order valence-corrected chi connectivity index (χ2v) is 4.21. The van der Waals surface area contributed by atoms with Crippen LogP contribution in [0.3, 0.4) is 0 Å². The van der Waals surface area contributed by atoms with E-state index in [2.05, 4.69) is 34.1 Å². The van der Waals surface area contributed by atoms with E-state index < -0.39 is 0 Å². The lowest BCUT2D eigenvalue weighted by Crippen LogP contribution is -2.09. The molecule has 2 aromatic carbocycles. The Morgan fingerprint density at radius 3 is 1.42 bits per heavy atom. The molecule has 0 saturated carbocycles. The summed E-state index contributed by atoms with van der Waals surface area (Å²) >= 11 is 0. The lowest BCUT2D eigenvalue weighted by molar-refractivity contribution is 1.24. The molecule has 0 spiro atoms. The molecule has 0 radical (unpaired) electrons. The van der Waals surface area contributed by atoms with Gasteiger partial charge in [-0.25, -0.2) is 0 Å². The molecule has 3 aromatic rings. The zero-order chi connectivity index (χ0) is 12.9. The molecule has 0 bridgehead atoms. The van der Waals surface area contributed by atoms with Gasteiger partial charge in [0.15, 0.2) is 0 Å². The first kappa shape index (κ1) is 11.5. The van der Waals surface area contributed by atoms with E-state index in [1.165, 1.54) is 0 Å². The first-order valence-corrected chi connectivity index (χ1v) is 6.25. The smallest absolute Gasteiger partial charge is 0.0492 e. The van der Waals surface area contributed by atoms with Crippen LogP contribution in [-0.4, -0.2) is 4.98 Å². The van der Waals surface area contributed by atoms with E-state index in [9.17, 15) is 0 Å². The van der Waals surface area contributed by atoms with Gasteiger partial charge < -0.3 is 4.90 Å². The molecule has 0 amide bonds. The number of hydrogen-bond acceptors (Lipinski definition) is 2. The lowest BCUT2D eigenvalue weighted by Gasteiger charge is -2.24. The standard InChI is InChI=1S/C17H14N2/c1-3-7-15(8-4-1)19(16-9-5-2-6-10-16)17-11-13-18-14-12-17/h1-14H. The normalized spacial score (nSPS) is 10.1. The second-order valence-electron chi connectivity index (χ2n) is 4.21. The van der Waals surface area contributed by atoms with Crippen molar-refractivity contribution in [3.63, 3.8) is 0 Å². The van der Waals surface area contributed by atoms with Gasteiger partial charge in [-0.15, -0.1) is 0 Å². The highest BCUT2D eigenvalue weighted by molar-refractivity contribution is 5.75. The summed E-state index contributed by atoms with van der Waals surface area (Å²) in [5, 5.41) is 0. The minimum Gasteiger partial charge on any atom is -0.310 e. The van der Waals surface area contributed by atoms with Crippen molar-refractivity contribution in [2.45, 2.75) is 0 Å². The fourth-order valence-electron chi connectivity index (χ4n) is 2.09. The van der Waals surface area contributed by atoms with Crippen LogP contribution in [0.4, 0.5) is 17.1 Å². The van der Waals surface area contributed by atoms with Crippen LogP contribution in [-0.2, 0) is 0 Å². The molecule has 3 rings (SSSR count). The summed E-state index contributed by atoms with van der Waals surface area (Å²) in [4.78, 5) is 6.30. The van der Waals surface area contributed by atoms with E-state index in [-0.39, 0.29) is 0 Å². The summed E-state index contributed by atoms with van der Waals surface area (Å²) in [6, 6.07) is 24.7. The minimum absolute atomic E-state index is 1.10. The molecular weight excluding hydrogens is 232 g/mol. The predicted molar refractivity (Wildman–Crippen MR) is 78.9 cm³/mol. The number of para-hydroxylation sites is 2. The van der Waals surface area contributed by atoms with Crippen LogP contribution >= 0.6 is 0 Å². The maximum atomic E-state index is 4.09. The molecule has 0 aliphatic heterocycles. The number of benzene rings is 2. The molecule has 92 valence electrons. The van der Waals surface area contributed by atoms with Crippen LogP contribution in [0.5, 0.6) is 0 Å². The summed E-state index contributed by atoms with van der Waals surface area (Å²) in [5.41, 5.74) is 3.38. The highest BCUT2D eigenvalue weighted by Crippen LogP contribution is 2.33. The number of pyridine rings is 1. The molecule has 0 saturated heterocycles. The molecule has 2 heteroatoms. The van der Waals surface area contributed by atoms with E-state index in [0.717, 1.165) is 17.1 Å². The van der Waals surface area contributed by atoms with Crippen LogP contribution in [0.25, 0.3) is 0 Å². The van der Waals surface area contributed by atoms with Crippen LogP contribution < -0.4 is 4.90 Å². The van der Waals surface area contributed by atoms with Crippen molar-refractivity contribution in [1.82, 2.24) is 4.98 Å². The van der Waals surface area contributed by atoms with Crippen molar-refractivity contribution in [3.05, 3.63) is 85.2 Å². The third-order valence-electron chi connectivity index (χ3n) is 2.95. The van der Waals surface area contributed by atoms with Crippen molar-refractivity contribution < 1.29 is 0 Å². The van der Waals surface area contributed by atoms with Gasteiger partial charge in [-0.3, -0.25) is 4.98 Å². The summed E-state index contributed by atoms with van der Waals surface area (Å²) in [6.45, 7) is 0. The Labute approximate surface area is 113 Å². The topological polar surface area (TPSA) is 16.1 Å². The second kappa shape index (κ2) is 5.36. The SMILES string of the molecule is c1ccc(N(c2ccccc2)c2ccncc2)cc1. The molecule has 0 aliphatic carbocycles. The number of anilines is 3. The molecular formula is C17H14N2. The van der Waals surface area contributed by atoms with Gasteiger partial charge in [0, 0.05) is 29.5 Å². The number of rotatable bonds is 3.